The zero-order valence-corrected chi connectivity index (χ0v) is 8.57. The highest BCUT2D eigenvalue weighted by atomic mass is 14.9. The Morgan fingerprint density at radius 3 is 2.87 bits per heavy atom. The summed E-state index contributed by atoms with van der Waals surface area (Å²) in [7, 11) is 0. The molecule has 0 saturated heterocycles. The van der Waals surface area contributed by atoms with Gasteiger partial charge in [-0.2, -0.15) is 0 Å². The van der Waals surface area contributed by atoms with Gasteiger partial charge in [-0.3, -0.25) is 0 Å². The average Bonchev–Trinajstić information content (AvgIpc) is 2.25. The van der Waals surface area contributed by atoms with E-state index in [1.165, 1.54) is 0 Å². The standard InChI is InChI=1S/C12H11N3/c1-9-14-11-6-4-3-5-10(11)12(15-9)7-8-13-2/h3-6H,7-8H2,1H3. The van der Waals surface area contributed by atoms with Gasteiger partial charge in [-0.25, -0.2) is 16.5 Å². The molecule has 3 nitrogen and oxygen atoms in total. The van der Waals surface area contributed by atoms with Crippen LogP contribution in [-0.2, 0) is 6.42 Å². The molecule has 0 unspecified atom stereocenters. The molecule has 1 heterocycles. The van der Waals surface area contributed by atoms with Crippen LogP contribution < -0.4 is 0 Å². The Morgan fingerprint density at radius 1 is 1.27 bits per heavy atom. The van der Waals surface area contributed by atoms with E-state index < -0.39 is 0 Å². The highest BCUT2D eigenvalue weighted by molar-refractivity contribution is 5.80. The van der Waals surface area contributed by atoms with E-state index in [1.54, 1.807) is 0 Å². The van der Waals surface area contributed by atoms with E-state index in [1.807, 2.05) is 31.2 Å². The van der Waals surface area contributed by atoms with Gasteiger partial charge in [-0.1, -0.05) is 18.2 Å². The first-order chi connectivity index (χ1) is 7.31. The number of para-hydroxylation sites is 1. The molecular formula is C12H11N3. The number of hydrogen-bond donors (Lipinski definition) is 0. The number of fused-ring (bicyclic) bond motifs is 1. The van der Waals surface area contributed by atoms with Gasteiger partial charge in [-0.05, 0) is 13.0 Å². The molecule has 1 aromatic carbocycles. The molecule has 0 aliphatic rings. The molecule has 0 radical (unpaired) electrons. The number of rotatable bonds is 2. The Hall–Kier alpha value is -1.95. The van der Waals surface area contributed by atoms with Crippen LogP contribution in [0.4, 0.5) is 0 Å². The minimum Gasteiger partial charge on any atom is -0.317 e. The van der Waals surface area contributed by atoms with Crippen molar-refractivity contribution in [3.63, 3.8) is 0 Å². The first-order valence-corrected chi connectivity index (χ1v) is 4.87. The molecule has 1 aromatic heterocycles. The summed E-state index contributed by atoms with van der Waals surface area (Å²) in [4.78, 5) is 12.1. The Morgan fingerprint density at radius 2 is 2.07 bits per heavy atom. The summed E-state index contributed by atoms with van der Waals surface area (Å²) in [6, 6.07) is 7.93. The van der Waals surface area contributed by atoms with E-state index >= 15 is 0 Å². The number of aromatic nitrogens is 2. The molecule has 74 valence electrons. The number of hydrogen-bond acceptors (Lipinski definition) is 2. The average molecular weight is 197 g/mol. The van der Waals surface area contributed by atoms with E-state index in [2.05, 4.69) is 14.8 Å². The Labute approximate surface area is 88.6 Å². The molecule has 0 bridgehead atoms. The van der Waals surface area contributed by atoms with Crippen molar-refractivity contribution in [2.45, 2.75) is 13.3 Å². The van der Waals surface area contributed by atoms with Gasteiger partial charge in [-0.15, -0.1) is 0 Å². The molecule has 0 amide bonds. The monoisotopic (exact) mass is 197 g/mol. The maximum Gasteiger partial charge on any atom is 0.220 e. The first kappa shape index (κ1) is 9.60. The summed E-state index contributed by atoms with van der Waals surface area (Å²) in [6.45, 7) is 9.16. The van der Waals surface area contributed by atoms with Crippen LogP contribution in [0.5, 0.6) is 0 Å². The van der Waals surface area contributed by atoms with Crippen molar-refractivity contribution in [1.82, 2.24) is 9.97 Å². The van der Waals surface area contributed by atoms with Crippen molar-refractivity contribution in [3.05, 3.63) is 47.2 Å². The van der Waals surface area contributed by atoms with Crippen molar-refractivity contribution in [1.29, 1.82) is 0 Å². The minimum atomic E-state index is 0.487. The van der Waals surface area contributed by atoms with E-state index in [0.717, 1.165) is 22.4 Å². The molecule has 3 heteroatoms. The summed E-state index contributed by atoms with van der Waals surface area (Å²) < 4.78 is 0. The summed E-state index contributed by atoms with van der Waals surface area (Å²) in [6.07, 6.45) is 0.702. The fraction of sp³-hybridized carbons (Fsp3) is 0.250. The second-order valence-electron chi connectivity index (χ2n) is 3.37. The van der Waals surface area contributed by atoms with Crippen molar-refractivity contribution in [2.24, 2.45) is 0 Å². The van der Waals surface area contributed by atoms with Gasteiger partial charge >= 0.3 is 0 Å². The third kappa shape index (κ3) is 1.94. The van der Waals surface area contributed by atoms with Gasteiger partial charge in [0, 0.05) is 5.39 Å². The summed E-state index contributed by atoms with van der Waals surface area (Å²) in [5.74, 6) is 0.772. The van der Waals surface area contributed by atoms with Crippen LogP contribution in [0.2, 0.25) is 0 Å². The topological polar surface area (TPSA) is 30.1 Å². The van der Waals surface area contributed by atoms with Crippen LogP contribution in [-0.4, -0.2) is 16.5 Å². The second kappa shape index (κ2) is 4.05. The van der Waals surface area contributed by atoms with Crippen LogP contribution in [0.15, 0.2) is 24.3 Å². The smallest absolute Gasteiger partial charge is 0.220 e. The maximum absolute atomic E-state index is 6.80. The zero-order chi connectivity index (χ0) is 10.7. The molecule has 0 aliphatic heterocycles. The SMILES string of the molecule is [C-]#[N+]CCc1nc(C)nc2ccccc12. The molecule has 0 aliphatic carbocycles. The lowest BCUT2D eigenvalue weighted by molar-refractivity contribution is 0.961. The second-order valence-corrected chi connectivity index (χ2v) is 3.37. The Bertz CT molecular complexity index is 526. The van der Waals surface area contributed by atoms with Crippen LogP contribution in [0.1, 0.15) is 11.5 Å². The van der Waals surface area contributed by atoms with Gasteiger partial charge in [0.25, 0.3) is 0 Å². The summed E-state index contributed by atoms with van der Waals surface area (Å²) in [5, 5.41) is 1.06. The number of aryl methyl sites for hydroxylation is 1. The molecule has 2 rings (SSSR count). The van der Waals surface area contributed by atoms with Crippen molar-refractivity contribution < 1.29 is 0 Å². The molecule has 0 atom stereocenters. The van der Waals surface area contributed by atoms with E-state index in [0.29, 0.717) is 13.0 Å². The van der Waals surface area contributed by atoms with Crippen LogP contribution in [0, 0.1) is 13.5 Å². The predicted octanol–water partition coefficient (Wildman–Crippen LogP) is 2.40. The van der Waals surface area contributed by atoms with Gasteiger partial charge in [0.1, 0.15) is 5.82 Å². The van der Waals surface area contributed by atoms with E-state index in [9.17, 15) is 0 Å². The number of benzene rings is 1. The number of nitrogens with zero attached hydrogens (tertiary/aromatic N) is 3. The lowest BCUT2D eigenvalue weighted by atomic mass is 10.1. The molecule has 0 N–H and O–H groups in total. The van der Waals surface area contributed by atoms with Gasteiger partial charge in [0.2, 0.25) is 6.54 Å². The van der Waals surface area contributed by atoms with Gasteiger partial charge < -0.3 is 4.85 Å². The fourth-order valence-electron chi connectivity index (χ4n) is 1.62. The maximum atomic E-state index is 6.80. The normalized spacial score (nSPS) is 10.1. The van der Waals surface area contributed by atoms with Crippen molar-refractivity contribution in [3.8, 4) is 0 Å². The quantitative estimate of drug-likeness (QED) is 0.692. The fourth-order valence-corrected chi connectivity index (χ4v) is 1.62. The third-order valence-electron chi connectivity index (χ3n) is 2.25. The van der Waals surface area contributed by atoms with Crippen LogP contribution in [0.25, 0.3) is 15.7 Å². The summed E-state index contributed by atoms with van der Waals surface area (Å²) >= 11 is 0. The molecule has 0 spiro atoms. The zero-order valence-electron chi connectivity index (χ0n) is 8.57. The molecule has 0 fully saturated rings. The van der Waals surface area contributed by atoms with Gasteiger partial charge in [0.05, 0.1) is 17.6 Å². The molecule has 15 heavy (non-hydrogen) atoms. The highest BCUT2D eigenvalue weighted by Crippen LogP contribution is 2.15. The third-order valence-corrected chi connectivity index (χ3v) is 2.25. The van der Waals surface area contributed by atoms with Crippen LogP contribution in [0.3, 0.4) is 0 Å². The lowest BCUT2D eigenvalue weighted by Crippen LogP contribution is -1.99. The molecule has 2 aromatic rings. The van der Waals surface area contributed by atoms with Crippen LogP contribution >= 0.6 is 0 Å². The first-order valence-electron chi connectivity index (χ1n) is 4.87. The Balaban J connectivity index is 2.56. The van der Waals surface area contributed by atoms with Gasteiger partial charge in [0.15, 0.2) is 0 Å². The van der Waals surface area contributed by atoms with E-state index in [-0.39, 0.29) is 0 Å². The molecular weight excluding hydrogens is 186 g/mol. The highest BCUT2D eigenvalue weighted by Gasteiger charge is 2.05. The van der Waals surface area contributed by atoms with Crippen molar-refractivity contribution in [2.75, 3.05) is 6.54 Å². The Kier molecular flexibility index (Phi) is 2.59. The van der Waals surface area contributed by atoms with E-state index in [4.69, 9.17) is 6.57 Å². The lowest BCUT2D eigenvalue weighted by Gasteiger charge is -2.03. The predicted molar refractivity (Wildman–Crippen MR) is 59.4 cm³/mol. The summed E-state index contributed by atoms with van der Waals surface area (Å²) in [5.41, 5.74) is 1.94. The largest absolute Gasteiger partial charge is 0.317 e. The molecule has 0 saturated carbocycles. The van der Waals surface area contributed by atoms with Crippen molar-refractivity contribution >= 4 is 10.9 Å². The minimum absolute atomic E-state index is 0.487.